The number of carbonyl (C=O) groups excluding carboxylic acids is 3. The molecule has 3 rings (SSSR count). The second kappa shape index (κ2) is 6.59. The fourth-order valence-corrected chi connectivity index (χ4v) is 3.37. The second-order valence-electron chi connectivity index (χ2n) is 6.58. The highest BCUT2D eigenvalue weighted by Gasteiger charge is 2.49. The Balaban J connectivity index is 1.64. The molecule has 3 atom stereocenters. The largest absolute Gasteiger partial charge is 0.350 e. The van der Waals surface area contributed by atoms with Gasteiger partial charge in [0, 0.05) is 6.54 Å². The monoisotopic (exact) mass is 326 g/mol. The fourth-order valence-electron chi connectivity index (χ4n) is 3.37. The smallest absolute Gasteiger partial charge is 0.243 e. The third-order valence-electron chi connectivity index (χ3n) is 4.90. The Morgan fingerprint density at radius 3 is 2.21 bits per heavy atom. The van der Waals surface area contributed by atoms with Gasteiger partial charge in [0.25, 0.3) is 0 Å². The van der Waals surface area contributed by atoms with E-state index in [-0.39, 0.29) is 29.6 Å². The lowest BCUT2D eigenvalue weighted by molar-refractivity contribution is -0.147. The summed E-state index contributed by atoms with van der Waals surface area (Å²) in [7, 11) is 0. The Hall–Kier alpha value is -2.43. The van der Waals surface area contributed by atoms with Gasteiger partial charge in [-0.15, -0.1) is 0 Å². The van der Waals surface area contributed by atoms with E-state index >= 15 is 0 Å². The molecule has 5 heteroatoms. The number of carbonyl (C=O) groups is 3. The molecule has 1 aromatic carbocycles. The number of likely N-dealkylation sites (tertiary alicyclic amines) is 1. The van der Waals surface area contributed by atoms with Crippen molar-refractivity contribution in [2.24, 2.45) is 11.8 Å². The number of aryl methyl sites for hydroxylation is 1. The molecule has 1 fully saturated rings. The first kappa shape index (κ1) is 16.4. The molecule has 24 heavy (non-hydrogen) atoms. The van der Waals surface area contributed by atoms with Crippen LogP contribution in [-0.4, -0.2) is 28.7 Å². The van der Waals surface area contributed by atoms with Crippen molar-refractivity contribution in [1.29, 1.82) is 0 Å². The summed E-state index contributed by atoms with van der Waals surface area (Å²) in [6.45, 7) is 4.00. The average Bonchev–Trinajstić information content (AvgIpc) is 2.85. The van der Waals surface area contributed by atoms with E-state index in [1.54, 1.807) is 6.92 Å². The Labute approximate surface area is 141 Å². The van der Waals surface area contributed by atoms with E-state index in [0.717, 1.165) is 16.0 Å². The van der Waals surface area contributed by atoms with Gasteiger partial charge >= 0.3 is 0 Å². The van der Waals surface area contributed by atoms with E-state index in [4.69, 9.17) is 0 Å². The van der Waals surface area contributed by atoms with Crippen molar-refractivity contribution < 1.29 is 14.4 Å². The van der Waals surface area contributed by atoms with Gasteiger partial charge in [-0.25, -0.2) is 0 Å². The number of allylic oxidation sites excluding steroid dienone is 2. The third-order valence-corrected chi connectivity index (χ3v) is 4.90. The molecule has 0 saturated carbocycles. The zero-order valence-electron chi connectivity index (χ0n) is 14.0. The zero-order valence-corrected chi connectivity index (χ0v) is 14.0. The Kier molecular flexibility index (Phi) is 4.51. The van der Waals surface area contributed by atoms with Crippen LogP contribution in [-0.2, 0) is 20.9 Å². The van der Waals surface area contributed by atoms with Crippen LogP contribution in [0.1, 0.15) is 30.9 Å². The van der Waals surface area contributed by atoms with Crippen LogP contribution in [0.25, 0.3) is 0 Å². The van der Waals surface area contributed by atoms with E-state index in [1.807, 2.05) is 43.3 Å². The number of hydrogen-bond donors (Lipinski definition) is 1. The van der Waals surface area contributed by atoms with E-state index in [0.29, 0.717) is 19.4 Å². The Morgan fingerprint density at radius 2 is 1.67 bits per heavy atom. The minimum atomic E-state index is -0.777. The van der Waals surface area contributed by atoms with E-state index in [9.17, 15) is 14.4 Å². The summed E-state index contributed by atoms with van der Waals surface area (Å²) in [4.78, 5) is 38.6. The highest BCUT2D eigenvalue weighted by Crippen LogP contribution is 2.36. The van der Waals surface area contributed by atoms with Gasteiger partial charge in [-0.2, -0.15) is 0 Å². The molecule has 126 valence electrons. The fraction of sp³-hybridized carbons (Fsp3) is 0.421. The molecular formula is C19H22N2O3. The molecular weight excluding hydrogens is 304 g/mol. The molecule has 1 heterocycles. The van der Waals surface area contributed by atoms with Gasteiger partial charge in [0.2, 0.25) is 17.7 Å². The van der Waals surface area contributed by atoms with Gasteiger partial charge in [-0.1, -0.05) is 42.0 Å². The van der Waals surface area contributed by atoms with Crippen molar-refractivity contribution in [1.82, 2.24) is 10.2 Å². The van der Waals surface area contributed by atoms with Crippen molar-refractivity contribution in [2.75, 3.05) is 0 Å². The molecule has 1 aliphatic heterocycles. The summed E-state index contributed by atoms with van der Waals surface area (Å²) < 4.78 is 0. The van der Waals surface area contributed by atoms with Gasteiger partial charge in [-0.05, 0) is 32.3 Å². The van der Waals surface area contributed by atoms with Crippen LogP contribution in [0.4, 0.5) is 0 Å². The first-order chi connectivity index (χ1) is 11.5. The van der Waals surface area contributed by atoms with Crippen LogP contribution in [0.3, 0.4) is 0 Å². The number of hydrogen-bond acceptors (Lipinski definition) is 3. The predicted molar refractivity (Wildman–Crippen MR) is 89.7 cm³/mol. The maximum atomic E-state index is 12.5. The number of imide groups is 1. The lowest BCUT2D eigenvalue weighted by Crippen LogP contribution is -2.48. The Bertz CT molecular complexity index is 667. The highest BCUT2D eigenvalue weighted by molar-refractivity contribution is 6.08. The summed E-state index contributed by atoms with van der Waals surface area (Å²) in [5, 5.41) is 2.82. The van der Waals surface area contributed by atoms with Gasteiger partial charge in [0.1, 0.15) is 6.04 Å². The molecule has 5 nitrogen and oxygen atoms in total. The molecule has 0 radical (unpaired) electrons. The molecule has 0 spiro atoms. The van der Waals surface area contributed by atoms with Crippen LogP contribution in [0.2, 0.25) is 0 Å². The molecule has 1 aliphatic carbocycles. The van der Waals surface area contributed by atoms with Crippen molar-refractivity contribution in [3.63, 3.8) is 0 Å². The van der Waals surface area contributed by atoms with Crippen LogP contribution >= 0.6 is 0 Å². The first-order valence-electron chi connectivity index (χ1n) is 8.34. The number of benzene rings is 1. The zero-order chi connectivity index (χ0) is 17.3. The van der Waals surface area contributed by atoms with E-state index in [1.165, 1.54) is 0 Å². The van der Waals surface area contributed by atoms with Crippen LogP contribution in [0, 0.1) is 18.8 Å². The van der Waals surface area contributed by atoms with Gasteiger partial charge in [-0.3, -0.25) is 19.3 Å². The van der Waals surface area contributed by atoms with E-state index < -0.39 is 6.04 Å². The summed E-state index contributed by atoms with van der Waals surface area (Å²) >= 11 is 0. The number of nitrogens with zero attached hydrogens (tertiary/aromatic N) is 1. The minimum Gasteiger partial charge on any atom is -0.350 e. The SMILES string of the molecule is Cc1ccc(CNC(=O)[C@H](C)N2C(=O)[C@@H]3CC=CC[C@H]3C2=O)cc1. The molecule has 1 saturated heterocycles. The summed E-state index contributed by atoms with van der Waals surface area (Å²) in [5.74, 6) is -1.33. The number of rotatable bonds is 4. The molecule has 1 N–H and O–H groups in total. The third kappa shape index (κ3) is 2.98. The summed E-state index contributed by atoms with van der Waals surface area (Å²) in [5.41, 5.74) is 2.14. The van der Waals surface area contributed by atoms with Crippen molar-refractivity contribution >= 4 is 17.7 Å². The molecule has 1 aromatic rings. The molecule has 0 bridgehead atoms. The molecule has 2 aliphatic rings. The Morgan fingerprint density at radius 1 is 1.12 bits per heavy atom. The van der Waals surface area contributed by atoms with Crippen molar-refractivity contribution in [2.45, 2.75) is 39.3 Å². The second-order valence-corrected chi connectivity index (χ2v) is 6.58. The van der Waals surface area contributed by atoms with Crippen LogP contribution in [0.5, 0.6) is 0 Å². The normalized spacial score (nSPS) is 24.0. The average molecular weight is 326 g/mol. The summed E-state index contributed by atoms with van der Waals surface area (Å²) in [6, 6.07) is 7.09. The lowest BCUT2D eigenvalue weighted by Gasteiger charge is -2.22. The number of nitrogens with one attached hydrogen (secondary N) is 1. The predicted octanol–water partition coefficient (Wildman–Crippen LogP) is 1.95. The highest BCUT2D eigenvalue weighted by atomic mass is 16.2. The maximum absolute atomic E-state index is 12.5. The first-order valence-corrected chi connectivity index (χ1v) is 8.34. The van der Waals surface area contributed by atoms with E-state index in [2.05, 4.69) is 5.32 Å². The van der Waals surface area contributed by atoms with Crippen molar-refractivity contribution in [3.05, 3.63) is 47.5 Å². The van der Waals surface area contributed by atoms with Gasteiger partial charge in [0.05, 0.1) is 11.8 Å². The van der Waals surface area contributed by atoms with Crippen molar-refractivity contribution in [3.8, 4) is 0 Å². The maximum Gasteiger partial charge on any atom is 0.243 e. The van der Waals surface area contributed by atoms with Crippen LogP contribution < -0.4 is 5.32 Å². The molecule has 0 aromatic heterocycles. The standard InChI is InChI=1S/C19H22N2O3/c1-12-7-9-14(10-8-12)11-20-17(22)13(2)21-18(23)15-5-3-4-6-16(15)19(21)24/h3-4,7-10,13,15-16H,5-6,11H2,1-2H3,(H,20,22)/t13-,15+,16+/m0/s1. The number of amides is 3. The topological polar surface area (TPSA) is 66.5 Å². The van der Waals surface area contributed by atoms with Crippen LogP contribution in [0.15, 0.2) is 36.4 Å². The molecule has 0 unspecified atom stereocenters. The number of fused-ring (bicyclic) bond motifs is 1. The van der Waals surface area contributed by atoms with Gasteiger partial charge in [0.15, 0.2) is 0 Å². The summed E-state index contributed by atoms with van der Waals surface area (Å²) in [6.07, 6.45) is 5.06. The molecule has 3 amide bonds. The van der Waals surface area contributed by atoms with Gasteiger partial charge < -0.3 is 5.32 Å². The minimum absolute atomic E-state index is 0.215. The lowest BCUT2D eigenvalue weighted by atomic mass is 9.85. The quantitative estimate of drug-likeness (QED) is 0.679.